The van der Waals surface area contributed by atoms with Gasteiger partial charge in [0.05, 0.1) is 11.5 Å². The largest absolute Gasteiger partial charge is 0.392 e. The lowest BCUT2D eigenvalue weighted by atomic mass is 9.89. The molecule has 0 aromatic heterocycles. The minimum Gasteiger partial charge on any atom is -0.392 e. The maximum Gasteiger partial charge on any atom is 0.243 e. The summed E-state index contributed by atoms with van der Waals surface area (Å²) in [5.41, 5.74) is 0.229. The van der Waals surface area contributed by atoms with Crippen LogP contribution in [0.4, 0.5) is 4.39 Å². The summed E-state index contributed by atoms with van der Waals surface area (Å²) in [6, 6.07) is 3.46. The third kappa shape index (κ3) is 3.81. The second kappa shape index (κ2) is 6.85. The van der Waals surface area contributed by atoms with E-state index in [2.05, 4.69) is 0 Å². The van der Waals surface area contributed by atoms with Crippen LogP contribution in [0.5, 0.6) is 0 Å². The first-order valence-electron chi connectivity index (χ1n) is 7.31. The first kappa shape index (κ1) is 16.4. The number of aliphatic hydroxyl groups excluding tert-OH is 1. The van der Waals surface area contributed by atoms with Crippen LogP contribution in [0.15, 0.2) is 23.1 Å². The number of rotatable bonds is 5. The maximum absolute atomic E-state index is 13.4. The topological polar surface area (TPSA) is 57.6 Å². The predicted octanol–water partition coefficient (Wildman–Crippen LogP) is 2.52. The molecule has 6 heteroatoms. The Balaban J connectivity index is 2.22. The second-order valence-corrected chi connectivity index (χ2v) is 7.71. The monoisotopic (exact) mass is 315 g/mol. The van der Waals surface area contributed by atoms with Gasteiger partial charge in [-0.2, -0.15) is 0 Å². The van der Waals surface area contributed by atoms with Crippen molar-refractivity contribution in [3.05, 3.63) is 29.6 Å². The van der Waals surface area contributed by atoms with E-state index in [1.165, 1.54) is 23.8 Å². The van der Waals surface area contributed by atoms with Gasteiger partial charge in [0.1, 0.15) is 5.82 Å². The number of sulfonamides is 1. The van der Waals surface area contributed by atoms with Gasteiger partial charge in [0.15, 0.2) is 0 Å². The summed E-state index contributed by atoms with van der Waals surface area (Å²) in [6.45, 7) is 0.0236. The van der Waals surface area contributed by atoms with Gasteiger partial charge >= 0.3 is 0 Å². The zero-order valence-corrected chi connectivity index (χ0v) is 13.1. The molecule has 1 fully saturated rings. The van der Waals surface area contributed by atoms with Gasteiger partial charge in [0.2, 0.25) is 10.0 Å². The molecular formula is C15H22FNO3S. The summed E-state index contributed by atoms with van der Waals surface area (Å²) in [5.74, 6) is -0.249. The normalized spacial score (nSPS) is 17.3. The van der Waals surface area contributed by atoms with Crippen molar-refractivity contribution in [2.24, 2.45) is 5.92 Å². The Kier molecular flexibility index (Phi) is 5.35. The molecule has 1 aliphatic carbocycles. The summed E-state index contributed by atoms with van der Waals surface area (Å²) in [4.78, 5) is -0.136. The van der Waals surface area contributed by atoms with Crippen molar-refractivity contribution in [2.75, 3.05) is 13.6 Å². The molecule has 1 saturated carbocycles. The summed E-state index contributed by atoms with van der Waals surface area (Å²) >= 11 is 0. The summed E-state index contributed by atoms with van der Waals surface area (Å²) < 4.78 is 39.8. The maximum atomic E-state index is 13.4. The molecule has 0 heterocycles. The third-order valence-corrected chi connectivity index (χ3v) is 6.03. The molecule has 1 aromatic carbocycles. The molecule has 118 valence electrons. The van der Waals surface area contributed by atoms with Crippen LogP contribution in [0.3, 0.4) is 0 Å². The van der Waals surface area contributed by atoms with Crippen molar-refractivity contribution < 1.29 is 17.9 Å². The van der Waals surface area contributed by atoms with Crippen LogP contribution in [0.1, 0.15) is 37.7 Å². The Bertz CT molecular complexity index is 583. The van der Waals surface area contributed by atoms with E-state index in [0.717, 1.165) is 37.8 Å². The fraction of sp³-hybridized carbons (Fsp3) is 0.600. The minimum absolute atomic E-state index is 0.136. The van der Waals surface area contributed by atoms with E-state index in [0.29, 0.717) is 12.5 Å². The van der Waals surface area contributed by atoms with E-state index in [1.807, 2.05) is 0 Å². The highest BCUT2D eigenvalue weighted by Gasteiger charge is 2.27. The molecule has 0 atom stereocenters. The first-order chi connectivity index (χ1) is 9.95. The van der Waals surface area contributed by atoms with Crippen molar-refractivity contribution in [3.8, 4) is 0 Å². The van der Waals surface area contributed by atoms with E-state index >= 15 is 0 Å². The Hall–Kier alpha value is -0.980. The zero-order chi connectivity index (χ0) is 15.5. The Morgan fingerprint density at radius 3 is 2.57 bits per heavy atom. The standard InChI is InChI=1S/C15H22FNO3S/c1-17(10-12-5-3-2-4-6-12)21(19,20)15-9-14(16)8-7-13(15)11-18/h7-9,12,18H,2-6,10-11H2,1H3. The van der Waals surface area contributed by atoms with Gasteiger partial charge in [-0.15, -0.1) is 0 Å². The Morgan fingerprint density at radius 1 is 1.29 bits per heavy atom. The van der Waals surface area contributed by atoms with Gasteiger partial charge in [0, 0.05) is 13.6 Å². The number of benzene rings is 1. The van der Waals surface area contributed by atoms with Gasteiger partial charge in [-0.1, -0.05) is 25.3 Å². The summed E-state index contributed by atoms with van der Waals surface area (Å²) in [6.07, 6.45) is 5.57. The molecule has 4 nitrogen and oxygen atoms in total. The van der Waals surface area contributed by atoms with Crippen molar-refractivity contribution in [1.29, 1.82) is 0 Å². The summed E-state index contributed by atoms with van der Waals surface area (Å²) in [5, 5.41) is 9.27. The Labute approximate surface area is 125 Å². The fourth-order valence-electron chi connectivity index (χ4n) is 2.90. The highest BCUT2D eigenvalue weighted by atomic mass is 32.2. The van der Waals surface area contributed by atoms with Crippen molar-refractivity contribution in [2.45, 2.75) is 43.6 Å². The van der Waals surface area contributed by atoms with Crippen LogP contribution in [0.25, 0.3) is 0 Å². The van der Waals surface area contributed by atoms with Gasteiger partial charge in [-0.05, 0) is 36.5 Å². The third-order valence-electron chi connectivity index (χ3n) is 4.13. The molecule has 0 amide bonds. The lowest BCUT2D eigenvalue weighted by Crippen LogP contribution is -2.33. The number of aliphatic hydroxyl groups is 1. The van der Waals surface area contributed by atoms with Crippen molar-refractivity contribution in [3.63, 3.8) is 0 Å². The molecule has 0 spiro atoms. The minimum atomic E-state index is -3.77. The summed E-state index contributed by atoms with van der Waals surface area (Å²) in [7, 11) is -2.25. The molecule has 0 saturated heterocycles. The lowest BCUT2D eigenvalue weighted by Gasteiger charge is -2.27. The van der Waals surface area contributed by atoms with Gasteiger partial charge in [-0.3, -0.25) is 0 Å². The smallest absolute Gasteiger partial charge is 0.243 e. The number of hydrogen-bond donors (Lipinski definition) is 1. The van der Waals surface area contributed by atoms with E-state index < -0.39 is 22.4 Å². The van der Waals surface area contributed by atoms with Crippen molar-refractivity contribution in [1.82, 2.24) is 4.31 Å². The molecule has 0 bridgehead atoms. The van der Waals surface area contributed by atoms with Crippen LogP contribution in [-0.2, 0) is 16.6 Å². The average molecular weight is 315 g/mol. The number of hydrogen-bond acceptors (Lipinski definition) is 3. The second-order valence-electron chi connectivity index (χ2n) is 5.70. The van der Waals surface area contributed by atoms with Gasteiger partial charge in [-0.25, -0.2) is 17.1 Å². The van der Waals surface area contributed by atoms with E-state index in [1.54, 1.807) is 0 Å². The fourth-order valence-corrected chi connectivity index (χ4v) is 4.37. The van der Waals surface area contributed by atoms with E-state index in [-0.39, 0.29) is 10.5 Å². The predicted molar refractivity (Wildman–Crippen MR) is 78.7 cm³/mol. The van der Waals surface area contributed by atoms with Gasteiger partial charge < -0.3 is 5.11 Å². The van der Waals surface area contributed by atoms with Gasteiger partial charge in [0.25, 0.3) is 0 Å². The van der Waals surface area contributed by atoms with Crippen LogP contribution in [-0.4, -0.2) is 31.4 Å². The molecule has 0 unspecified atom stereocenters. The van der Waals surface area contributed by atoms with Crippen LogP contribution in [0.2, 0.25) is 0 Å². The Morgan fingerprint density at radius 2 is 1.95 bits per heavy atom. The highest BCUT2D eigenvalue weighted by molar-refractivity contribution is 7.89. The molecule has 1 N–H and O–H groups in total. The molecular weight excluding hydrogens is 293 g/mol. The van der Waals surface area contributed by atoms with E-state index in [9.17, 15) is 17.9 Å². The number of halogens is 1. The molecule has 21 heavy (non-hydrogen) atoms. The van der Waals surface area contributed by atoms with E-state index in [4.69, 9.17) is 0 Å². The van der Waals surface area contributed by atoms with Crippen molar-refractivity contribution >= 4 is 10.0 Å². The molecule has 2 rings (SSSR count). The van der Waals surface area contributed by atoms with Crippen LogP contribution in [0, 0.1) is 11.7 Å². The lowest BCUT2D eigenvalue weighted by molar-refractivity contribution is 0.276. The number of nitrogens with zero attached hydrogens (tertiary/aromatic N) is 1. The molecule has 0 aliphatic heterocycles. The molecule has 1 aromatic rings. The van der Waals surface area contributed by atoms with Crippen LogP contribution >= 0.6 is 0 Å². The molecule has 1 aliphatic rings. The zero-order valence-electron chi connectivity index (χ0n) is 12.3. The van der Waals surface area contributed by atoms with Crippen LogP contribution < -0.4 is 0 Å². The molecule has 0 radical (unpaired) electrons. The average Bonchev–Trinajstić information content (AvgIpc) is 2.48. The quantitative estimate of drug-likeness (QED) is 0.908. The first-order valence-corrected chi connectivity index (χ1v) is 8.75. The highest BCUT2D eigenvalue weighted by Crippen LogP contribution is 2.27. The SMILES string of the molecule is CN(CC1CCCCC1)S(=O)(=O)c1cc(F)ccc1CO.